The summed E-state index contributed by atoms with van der Waals surface area (Å²) in [5.41, 5.74) is 3.63. The normalized spacial score (nSPS) is 13.3. The van der Waals surface area contributed by atoms with Crippen LogP contribution in [-0.4, -0.2) is 19.5 Å². The van der Waals surface area contributed by atoms with Gasteiger partial charge in [0, 0.05) is 0 Å². The van der Waals surface area contributed by atoms with Crippen molar-refractivity contribution in [2.24, 2.45) is 0 Å². The third-order valence-corrected chi connectivity index (χ3v) is 4.45. The number of benzene rings is 2. The minimum atomic E-state index is -0.309. The van der Waals surface area contributed by atoms with Gasteiger partial charge in [-0.2, -0.15) is 0 Å². The lowest BCUT2D eigenvalue weighted by molar-refractivity contribution is -0.0739. The first-order valence-electron chi connectivity index (χ1n) is 9.08. The summed E-state index contributed by atoms with van der Waals surface area (Å²) in [5, 5.41) is 0. The van der Waals surface area contributed by atoms with Gasteiger partial charge in [0.15, 0.2) is 6.29 Å². The van der Waals surface area contributed by atoms with Gasteiger partial charge in [-0.3, -0.25) is 0 Å². The highest BCUT2D eigenvalue weighted by molar-refractivity contribution is 5.39. The van der Waals surface area contributed by atoms with Crippen LogP contribution in [0.25, 0.3) is 0 Å². The van der Waals surface area contributed by atoms with Crippen molar-refractivity contribution >= 4 is 0 Å². The Kier molecular flexibility index (Phi) is 7.32. The number of ether oxygens (including phenoxy) is 3. The van der Waals surface area contributed by atoms with Crippen LogP contribution in [0.4, 0.5) is 0 Å². The molecule has 0 aliphatic heterocycles. The van der Waals surface area contributed by atoms with E-state index < -0.39 is 0 Å². The average molecular weight is 342 g/mol. The predicted molar refractivity (Wildman–Crippen MR) is 103 cm³/mol. The van der Waals surface area contributed by atoms with Gasteiger partial charge in [-0.1, -0.05) is 44.2 Å². The number of para-hydroxylation sites is 1. The summed E-state index contributed by atoms with van der Waals surface area (Å²) in [5.74, 6) is 2.35. The van der Waals surface area contributed by atoms with E-state index in [0.717, 1.165) is 29.0 Å². The van der Waals surface area contributed by atoms with Crippen molar-refractivity contribution in [3.63, 3.8) is 0 Å². The zero-order valence-electron chi connectivity index (χ0n) is 16.0. The molecule has 2 unspecified atom stereocenters. The van der Waals surface area contributed by atoms with Crippen molar-refractivity contribution < 1.29 is 14.2 Å². The smallest absolute Gasteiger partial charge is 0.197 e. The Morgan fingerprint density at radius 3 is 2.12 bits per heavy atom. The number of hydrogen-bond acceptors (Lipinski definition) is 3. The molecule has 0 aliphatic rings. The van der Waals surface area contributed by atoms with Crippen LogP contribution in [0.1, 0.15) is 49.8 Å². The molecule has 0 aromatic heterocycles. The zero-order valence-corrected chi connectivity index (χ0v) is 16.0. The minimum absolute atomic E-state index is 0.309. The maximum atomic E-state index is 5.84. The molecular formula is C22H30O3. The number of aryl methyl sites for hydroxylation is 2. The summed E-state index contributed by atoms with van der Waals surface area (Å²) in [6, 6.07) is 14.4. The SMILES string of the molecule is CCC(C)c1ccc(OC(C)OCCOc2c(C)cccc2C)cc1. The van der Waals surface area contributed by atoms with Crippen molar-refractivity contribution in [3.8, 4) is 11.5 Å². The lowest BCUT2D eigenvalue weighted by atomic mass is 9.99. The molecule has 2 rings (SSSR count). The summed E-state index contributed by atoms with van der Waals surface area (Å²) in [6.45, 7) is 11.4. The third-order valence-electron chi connectivity index (χ3n) is 4.45. The molecular weight excluding hydrogens is 312 g/mol. The van der Waals surface area contributed by atoms with E-state index in [1.54, 1.807) is 0 Å². The fraction of sp³-hybridized carbons (Fsp3) is 0.455. The molecule has 0 aliphatic carbocycles. The Hall–Kier alpha value is -2.00. The molecule has 0 spiro atoms. The molecule has 25 heavy (non-hydrogen) atoms. The molecule has 136 valence electrons. The highest BCUT2D eigenvalue weighted by atomic mass is 16.7. The molecule has 0 N–H and O–H groups in total. The first-order valence-corrected chi connectivity index (χ1v) is 9.08. The average Bonchev–Trinajstić information content (AvgIpc) is 2.60. The second kappa shape index (κ2) is 9.47. The molecule has 2 aromatic rings. The molecule has 2 aromatic carbocycles. The van der Waals surface area contributed by atoms with Gasteiger partial charge in [0.05, 0.1) is 6.61 Å². The van der Waals surface area contributed by atoms with Crippen molar-refractivity contribution in [1.82, 2.24) is 0 Å². The van der Waals surface area contributed by atoms with Gasteiger partial charge in [0.1, 0.15) is 18.1 Å². The monoisotopic (exact) mass is 342 g/mol. The van der Waals surface area contributed by atoms with Crippen molar-refractivity contribution in [3.05, 3.63) is 59.2 Å². The van der Waals surface area contributed by atoms with E-state index in [4.69, 9.17) is 14.2 Å². The topological polar surface area (TPSA) is 27.7 Å². The second-order valence-corrected chi connectivity index (χ2v) is 6.50. The van der Waals surface area contributed by atoms with E-state index in [0.29, 0.717) is 19.1 Å². The van der Waals surface area contributed by atoms with Crippen molar-refractivity contribution in [1.29, 1.82) is 0 Å². The molecule has 3 heteroatoms. The van der Waals surface area contributed by atoms with Gasteiger partial charge in [-0.25, -0.2) is 0 Å². The Morgan fingerprint density at radius 2 is 1.52 bits per heavy atom. The summed E-state index contributed by atoms with van der Waals surface area (Å²) in [7, 11) is 0. The molecule has 0 fully saturated rings. The van der Waals surface area contributed by atoms with Gasteiger partial charge in [0.2, 0.25) is 0 Å². The van der Waals surface area contributed by atoms with E-state index in [2.05, 4.69) is 52.0 Å². The maximum Gasteiger partial charge on any atom is 0.197 e. The summed E-state index contributed by atoms with van der Waals surface area (Å²) in [6.07, 6.45) is 0.830. The van der Waals surface area contributed by atoms with Crippen LogP contribution in [0.15, 0.2) is 42.5 Å². The molecule has 3 nitrogen and oxygen atoms in total. The lowest BCUT2D eigenvalue weighted by Gasteiger charge is -2.17. The van der Waals surface area contributed by atoms with E-state index in [9.17, 15) is 0 Å². The van der Waals surface area contributed by atoms with Crippen LogP contribution in [0, 0.1) is 13.8 Å². The lowest BCUT2D eigenvalue weighted by Crippen LogP contribution is -2.20. The molecule has 0 saturated heterocycles. The first kappa shape index (κ1) is 19.3. The van der Waals surface area contributed by atoms with Gasteiger partial charge >= 0.3 is 0 Å². The molecule has 0 saturated carbocycles. The fourth-order valence-corrected chi connectivity index (χ4v) is 2.72. The number of rotatable bonds is 9. The largest absolute Gasteiger partial charge is 0.491 e. The van der Waals surface area contributed by atoms with Crippen LogP contribution in [0.3, 0.4) is 0 Å². The summed E-state index contributed by atoms with van der Waals surface area (Å²) >= 11 is 0. The van der Waals surface area contributed by atoms with Crippen LogP contribution in [0.2, 0.25) is 0 Å². The van der Waals surface area contributed by atoms with Crippen LogP contribution in [-0.2, 0) is 4.74 Å². The summed E-state index contributed by atoms with van der Waals surface area (Å²) < 4.78 is 17.3. The van der Waals surface area contributed by atoms with Crippen LogP contribution < -0.4 is 9.47 Å². The fourth-order valence-electron chi connectivity index (χ4n) is 2.72. The second-order valence-electron chi connectivity index (χ2n) is 6.50. The van der Waals surface area contributed by atoms with Crippen molar-refractivity contribution in [2.75, 3.05) is 13.2 Å². The summed E-state index contributed by atoms with van der Waals surface area (Å²) in [4.78, 5) is 0. The molecule has 0 heterocycles. The first-order chi connectivity index (χ1) is 12.0. The van der Waals surface area contributed by atoms with E-state index in [1.807, 2.05) is 25.1 Å². The van der Waals surface area contributed by atoms with Crippen LogP contribution in [0.5, 0.6) is 11.5 Å². The van der Waals surface area contributed by atoms with E-state index in [-0.39, 0.29) is 6.29 Å². The van der Waals surface area contributed by atoms with Gasteiger partial charge in [-0.15, -0.1) is 0 Å². The Bertz CT molecular complexity index is 629. The third kappa shape index (κ3) is 5.79. The Labute approximate surface area is 151 Å². The molecule has 0 amide bonds. The van der Waals surface area contributed by atoms with E-state index >= 15 is 0 Å². The molecule has 2 atom stereocenters. The highest BCUT2D eigenvalue weighted by Crippen LogP contribution is 2.23. The van der Waals surface area contributed by atoms with Gasteiger partial charge in [0.25, 0.3) is 0 Å². The quantitative estimate of drug-likeness (QED) is 0.436. The zero-order chi connectivity index (χ0) is 18.2. The maximum absolute atomic E-state index is 5.84. The Balaban J connectivity index is 1.74. The van der Waals surface area contributed by atoms with Gasteiger partial charge < -0.3 is 14.2 Å². The van der Waals surface area contributed by atoms with E-state index in [1.165, 1.54) is 5.56 Å². The molecule has 0 radical (unpaired) electrons. The van der Waals surface area contributed by atoms with Crippen LogP contribution >= 0.6 is 0 Å². The minimum Gasteiger partial charge on any atom is -0.491 e. The Morgan fingerprint density at radius 1 is 0.880 bits per heavy atom. The highest BCUT2D eigenvalue weighted by Gasteiger charge is 2.07. The van der Waals surface area contributed by atoms with Crippen molar-refractivity contribution in [2.45, 2.75) is 53.2 Å². The predicted octanol–water partition coefficient (Wildman–Crippen LogP) is 5.64. The standard InChI is InChI=1S/C22H30O3/c1-6-16(2)20-10-12-21(13-11-20)25-19(5)23-14-15-24-22-17(3)8-7-9-18(22)4/h7-13,16,19H,6,14-15H2,1-5H3. The van der Waals surface area contributed by atoms with Gasteiger partial charge in [-0.05, 0) is 61.9 Å². The molecule has 0 bridgehead atoms. The number of hydrogen-bond donors (Lipinski definition) is 0.